The first-order chi connectivity index (χ1) is 7.75. The van der Waals surface area contributed by atoms with Crippen LogP contribution in [0.25, 0.3) is 0 Å². The van der Waals surface area contributed by atoms with Gasteiger partial charge in [-0.3, -0.25) is 9.69 Å². The van der Waals surface area contributed by atoms with Crippen molar-refractivity contribution in [3.8, 4) is 0 Å². The molecule has 0 bridgehead atoms. The maximum absolute atomic E-state index is 11.9. The number of carbonyl (C=O) groups is 1. The number of likely N-dealkylation sites (tertiary alicyclic amines) is 1. The van der Waals surface area contributed by atoms with Crippen LogP contribution in [-0.4, -0.2) is 62.0 Å². The van der Waals surface area contributed by atoms with E-state index in [1.165, 1.54) is 19.3 Å². The molecule has 4 heteroatoms. The van der Waals surface area contributed by atoms with Gasteiger partial charge < -0.3 is 10.2 Å². The molecule has 2 saturated heterocycles. The lowest BCUT2D eigenvalue weighted by Gasteiger charge is -2.23. The minimum atomic E-state index is 0.311. The number of likely N-dealkylation sites (N-methyl/N-ethyl adjacent to an activating group) is 1. The summed E-state index contributed by atoms with van der Waals surface area (Å²) in [5.74, 6) is 1.04. The third-order valence-electron chi connectivity index (χ3n) is 3.60. The van der Waals surface area contributed by atoms with Crippen molar-refractivity contribution in [1.29, 1.82) is 0 Å². The second-order valence-electron chi connectivity index (χ2n) is 5.14. The summed E-state index contributed by atoms with van der Waals surface area (Å²) in [5.41, 5.74) is 0. The monoisotopic (exact) mass is 225 g/mol. The number of amides is 1. The van der Waals surface area contributed by atoms with E-state index in [9.17, 15) is 4.79 Å². The van der Waals surface area contributed by atoms with Crippen molar-refractivity contribution in [2.24, 2.45) is 5.92 Å². The molecule has 2 fully saturated rings. The first-order valence-electron chi connectivity index (χ1n) is 6.43. The van der Waals surface area contributed by atoms with Crippen LogP contribution in [0.3, 0.4) is 0 Å². The van der Waals surface area contributed by atoms with Crippen LogP contribution in [0.5, 0.6) is 0 Å². The van der Waals surface area contributed by atoms with Crippen LogP contribution in [0.4, 0.5) is 0 Å². The molecule has 2 aliphatic rings. The molecule has 0 saturated carbocycles. The molecule has 0 aromatic heterocycles. The second kappa shape index (κ2) is 5.64. The molecule has 0 spiro atoms. The van der Waals surface area contributed by atoms with Gasteiger partial charge in [-0.2, -0.15) is 0 Å². The summed E-state index contributed by atoms with van der Waals surface area (Å²) < 4.78 is 0. The van der Waals surface area contributed by atoms with Crippen LogP contribution in [0.1, 0.15) is 19.3 Å². The van der Waals surface area contributed by atoms with Gasteiger partial charge in [-0.25, -0.2) is 0 Å². The highest BCUT2D eigenvalue weighted by Gasteiger charge is 2.21. The van der Waals surface area contributed by atoms with Crippen molar-refractivity contribution >= 4 is 5.91 Å². The van der Waals surface area contributed by atoms with Crippen molar-refractivity contribution in [3.63, 3.8) is 0 Å². The lowest BCUT2D eigenvalue weighted by Crippen LogP contribution is -2.39. The highest BCUT2D eigenvalue weighted by Crippen LogP contribution is 2.10. The SMILES string of the molecule is CN(CC(=O)N1CCCC1)CC1CCNC1. The van der Waals surface area contributed by atoms with E-state index in [-0.39, 0.29) is 0 Å². The average Bonchev–Trinajstić information content (AvgIpc) is 2.88. The van der Waals surface area contributed by atoms with Gasteiger partial charge in [0.05, 0.1) is 6.54 Å². The minimum Gasteiger partial charge on any atom is -0.342 e. The summed E-state index contributed by atoms with van der Waals surface area (Å²) in [6.45, 7) is 5.83. The molecule has 0 aromatic rings. The largest absolute Gasteiger partial charge is 0.342 e. The predicted molar refractivity (Wildman–Crippen MR) is 64.3 cm³/mol. The van der Waals surface area contributed by atoms with Gasteiger partial charge in [-0.1, -0.05) is 0 Å². The van der Waals surface area contributed by atoms with Gasteiger partial charge in [0.2, 0.25) is 5.91 Å². The molecule has 16 heavy (non-hydrogen) atoms. The van der Waals surface area contributed by atoms with E-state index < -0.39 is 0 Å². The molecule has 4 nitrogen and oxygen atoms in total. The number of nitrogens with zero attached hydrogens (tertiary/aromatic N) is 2. The Morgan fingerprint density at radius 1 is 1.44 bits per heavy atom. The number of hydrogen-bond donors (Lipinski definition) is 1. The summed E-state index contributed by atoms with van der Waals surface area (Å²) in [7, 11) is 2.06. The smallest absolute Gasteiger partial charge is 0.236 e. The molecular weight excluding hydrogens is 202 g/mol. The summed E-state index contributed by atoms with van der Waals surface area (Å²) in [6, 6.07) is 0. The molecule has 2 rings (SSSR count). The molecule has 0 aromatic carbocycles. The Bertz CT molecular complexity index is 232. The molecule has 1 amide bonds. The van der Waals surface area contributed by atoms with Crippen LogP contribution >= 0.6 is 0 Å². The number of nitrogens with one attached hydrogen (secondary N) is 1. The zero-order valence-electron chi connectivity index (χ0n) is 10.2. The topological polar surface area (TPSA) is 35.6 Å². The first kappa shape index (κ1) is 11.9. The van der Waals surface area contributed by atoms with Crippen LogP contribution < -0.4 is 5.32 Å². The van der Waals surface area contributed by atoms with Crippen molar-refractivity contribution in [2.75, 3.05) is 46.3 Å². The normalized spacial score (nSPS) is 25.6. The Balaban J connectivity index is 1.68. The highest BCUT2D eigenvalue weighted by atomic mass is 16.2. The van der Waals surface area contributed by atoms with Crippen molar-refractivity contribution in [3.05, 3.63) is 0 Å². The molecule has 0 radical (unpaired) electrons. The maximum atomic E-state index is 11.9. The van der Waals surface area contributed by atoms with Crippen LogP contribution in [0, 0.1) is 5.92 Å². The van der Waals surface area contributed by atoms with E-state index >= 15 is 0 Å². The second-order valence-corrected chi connectivity index (χ2v) is 5.14. The fourth-order valence-electron chi connectivity index (χ4n) is 2.67. The van der Waals surface area contributed by atoms with E-state index in [1.807, 2.05) is 4.90 Å². The van der Waals surface area contributed by atoms with Crippen LogP contribution in [0.2, 0.25) is 0 Å². The van der Waals surface area contributed by atoms with Crippen LogP contribution in [0.15, 0.2) is 0 Å². The molecule has 1 atom stereocenters. The van der Waals surface area contributed by atoms with Crippen LogP contribution in [-0.2, 0) is 4.79 Å². The van der Waals surface area contributed by atoms with E-state index in [0.717, 1.165) is 38.6 Å². The minimum absolute atomic E-state index is 0.311. The van der Waals surface area contributed by atoms with Gasteiger partial charge in [-0.05, 0) is 45.3 Å². The zero-order chi connectivity index (χ0) is 11.4. The Labute approximate surface area is 98.0 Å². The molecule has 1 N–H and O–H groups in total. The fourth-order valence-corrected chi connectivity index (χ4v) is 2.67. The lowest BCUT2D eigenvalue weighted by atomic mass is 10.1. The molecule has 92 valence electrons. The summed E-state index contributed by atoms with van der Waals surface area (Å²) in [6.07, 6.45) is 3.62. The van der Waals surface area contributed by atoms with Gasteiger partial charge in [-0.15, -0.1) is 0 Å². The first-order valence-corrected chi connectivity index (χ1v) is 6.43. The zero-order valence-corrected chi connectivity index (χ0v) is 10.2. The van der Waals surface area contributed by atoms with Gasteiger partial charge in [0.25, 0.3) is 0 Å². The maximum Gasteiger partial charge on any atom is 0.236 e. The van der Waals surface area contributed by atoms with Crippen molar-refractivity contribution in [2.45, 2.75) is 19.3 Å². The third kappa shape index (κ3) is 3.19. The van der Waals surface area contributed by atoms with Crippen molar-refractivity contribution in [1.82, 2.24) is 15.1 Å². The average molecular weight is 225 g/mol. The van der Waals surface area contributed by atoms with Gasteiger partial charge in [0, 0.05) is 19.6 Å². The summed E-state index contributed by atoms with van der Waals surface area (Å²) >= 11 is 0. The van der Waals surface area contributed by atoms with Gasteiger partial charge in [0.15, 0.2) is 0 Å². The predicted octanol–water partition coefficient (Wildman–Crippen LogP) is 0.150. The van der Waals surface area contributed by atoms with Gasteiger partial charge >= 0.3 is 0 Å². The molecule has 0 aliphatic carbocycles. The highest BCUT2D eigenvalue weighted by molar-refractivity contribution is 5.78. The number of hydrogen-bond acceptors (Lipinski definition) is 3. The standard InChI is InChI=1S/C12H23N3O/c1-14(9-11-4-5-13-8-11)10-12(16)15-6-2-3-7-15/h11,13H,2-10H2,1H3. The molecule has 1 unspecified atom stereocenters. The van der Waals surface area contributed by atoms with Crippen molar-refractivity contribution < 1.29 is 4.79 Å². The Hall–Kier alpha value is -0.610. The van der Waals surface area contributed by atoms with E-state index in [1.54, 1.807) is 0 Å². The van der Waals surface area contributed by atoms with E-state index in [2.05, 4.69) is 17.3 Å². The lowest BCUT2D eigenvalue weighted by molar-refractivity contribution is -0.131. The van der Waals surface area contributed by atoms with E-state index in [0.29, 0.717) is 12.5 Å². The quantitative estimate of drug-likeness (QED) is 0.740. The number of carbonyl (C=O) groups excluding carboxylic acids is 1. The fraction of sp³-hybridized carbons (Fsp3) is 0.917. The Morgan fingerprint density at radius 2 is 2.19 bits per heavy atom. The Morgan fingerprint density at radius 3 is 2.81 bits per heavy atom. The van der Waals surface area contributed by atoms with Gasteiger partial charge in [0.1, 0.15) is 0 Å². The molecule has 2 heterocycles. The summed E-state index contributed by atoms with van der Waals surface area (Å²) in [5, 5.41) is 3.36. The van der Waals surface area contributed by atoms with E-state index in [4.69, 9.17) is 0 Å². The summed E-state index contributed by atoms with van der Waals surface area (Å²) in [4.78, 5) is 16.1. The molecule has 2 aliphatic heterocycles. The Kier molecular flexibility index (Phi) is 4.18. The molecular formula is C12H23N3O. The number of rotatable bonds is 4. The third-order valence-corrected chi connectivity index (χ3v) is 3.60.